The molecule has 0 spiro atoms. The lowest BCUT2D eigenvalue weighted by Crippen LogP contribution is -2.46. The van der Waals surface area contributed by atoms with E-state index in [1.54, 1.807) is 23.1 Å². The number of aromatic nitrogens is 1. The highest BCUT2D eigenvalue weighted by Crippen LogP contribution is 2.34. The Hall–Kier alpha value is -2.09. The van der Waals surface area contributed by atoms with Gasteiger partial charge in [-0.3, -0.25) is 4.79 Å². The summed E-state index contributed by atoms with van der Waals surface area (Å²) in [6, 6.07) is 12.9. The minimum Gasteiger partial charge on any atom is -0.462 e. The van der Waals surface area contributed by atoms with Gasteiger partial charge in [-0.15, -0.1) is 23.1 Å². The van der Waals surface area contributed by atoms with Crippen LogP contribution in [0.25, 0.3) is 21.3 Å². The molecule has 1 unspecified atom stereocenters. The summed E-state index contributed by atoms with van der Waals surface area (Å²) >= 11 is 3.47. The Morgan fingerprint density at radius 1 is 1.19 bits per heavy atom. The third-order valence-electron chi connectivity index (χ3n) is 5.54. The SMILES string of the molecule is CCN1CCN(c2nc(-c3ccc(SCC(C)OC(C)=O)cc3)cc3ccsc23)CC1. The molecule has 31 heavy (non-hydrogen) atoms. The molecule has 7 heteroatoms. The van der Waals surface area contributed by atoms with Crippen molar-refractivity contribution in [3.63, 3.8) is 0 Å². The number of fused-ring (bicyclic) bond motifs is 1. The predicted octanol–water partition coefficient (Wildman–Crippen LogP) is 5.15. The van der Waals surface area contributed by atoms with Crippen LogP contribution in [-0.4, -0.2) is 60.4 Å². The monoisotopic (exact) mass is 455 g/mol. The minimum atomic E-state index is -0.231. The molecule has 1 fully saturated rings. The van der Waals surface area contributed by atoms with Crippen LogP contribution >= 0.6 is 23.1 Å². The van der Waals surface area contributed by atoms with Gasteiger partial charge in [-0.05, 0) is 48.5 Å². The fourth-order valence-corrected chi connectivity index (χ4v) is 5.57. The second-order valence-corrected chi connectivity index (χ2v) is 9.86. The molecule has 0 aliphatic carbocycles. The van der Waals surface area contributed by atoms with E-state index in [1.807, 2.05) is 6.92 Å². The number of thioether (sulfide) groups is 1. The second-order valence-electron chi connectivity index (χ2n) is 7.85. The van der Waals surface area contributed by atoms with Crippen molar-refractivity contribution in [1.82, 2.24) is 9.88 Å². The Kier molecular flexibility index (Phi) is 7.15. The van der Waals surface area contributed by atoms with Crippen LogP contribution in [-0.2, 0) is 9.53 Å². The number of thiophene rings is 1. The van der Waals surface area contributed by atoms with Crippen LogP contribution in [0.5, 0.6) is 0 Å². The Morgan fingerprint density at radius 3 is 2.61 bits per heavy atom. The van der Waals surface area contributed by atoms with Crippen molar-refractivity contribution in [3.05, 3.63) is 41.8 Å². The summed E-state index contributed by atoms with van der Waals surface area (Å²) in [5, 5.41) is 3.42. The molecule has 164 valence electrons. The van der Waals surface area contributed by atoms with Crippen molar-refractivity contribution in [2.24, 2.45) is 0 Å². The van der Waals surface area contributed by atoms with Crippen LogP contribution < -0.4 is 4.90 Å². The summed E-state index contributed by atoms with van der Waals surface area (Å²) in [5.41, 5.74) is 2.14. The van der Waals surface area contributed by atoms with Crippen molar-refractivity contribution in [3.8, 4) is 11.3 Å². The fourth-order valence-electron chi connectivity index (χ4n) is 3.85. The summed E-state index contributed by atoms with van der Waals surface area (Å²) in [5.74, 6) is 1.63. The van der Waals surface area contributed by atoms with E-state index in [1.165, 1.54) is 17.0 Å². The van der Waals surface area contributed by atoms with Gasteiger partial charge in [0, 0.05) is 49.3 Å². The quantitative estimate of drug-likeness (QED) is 0.363. The van der Waals surface area contributed by atoms with Crippen LogP contribution in [0.2, 0.25) is 0 Å². The highest BCUT2D eigenvalue weighted by atomic mass is 32.2. The molecule has 5 nitrogen and oxygen atoms in total. The number of carbonyl (C=O) groups excluding carboxylic acids is 1. The largest absolute Gasteiger partial charge is 0.462 e. The smallest absolute Gasteiger partial charge is 0.302 e. The molecule has 2 aromatic heterocycles. The first-order chi connectivity index (χ1) is 15.0. The van der Waals surface area contributed by atoms with Crippen molar-refractivity contribution in [2.75, 3.05) is 43.4 Å². The van der Waals surface area contributed by atoms with Crippen LogP contribution in [0.15, 0.2) is 46.7 Å². The number of rotatable bonds is 7. The zero-order valence-electron chi connectivity index (χ0n) is 18.3. The number of pyridine rings is 1. The van der Waals surface area contributed by atoms with E-state index in [-0.39, 0.29) is 12.1 Å². The van der Waals surface area contributed by atoms with E-state index in [4.69, 9.17) is 9.72 Å². The highest BCUT2D eigenvalue weighted by molar-refractivity contribution is 7.99. The Labute approximate surface area is 192 Å². The van der Waals surface area contributed by atoms with E-state index in [0.717, 1.165) is 60.4 Å². The van der Waals surface area contributed by atoms with Gasteiger partial charge in [-0.25, -0.2) is 4.98 Å². The average molecular weight is 456 g/mol. The van der Waals surface area contributed by atoms with Gasteiger partial charge in [0.1, 0.15) is 11.9 Å². The zero-order valence-corrected chi connectivity index (χ0v) is 20.0. The number of carbonyl (C=O) groups is 1. The third-order valence-corrected chi connectivity index (χ3v) is 7.71. The normalized spacial score (nSPS) is 15.9. The molecule has 0 radical (unpaired) electrons. The van der Waals surface area contributed by atoms with Crippen molar-refractivity contribution < 1.29 is 9.53 Å². The first-order valence-electron chi connectivity index (χ1n) is 10.8. The molecule has 1 aliphatic rings. The number of likely N-dealkylation sites (N-methyl/N-ethyl adjacent to an activating group) is 1. The molecule has 3 aromatic rings. The van der Waals surface area contributed by atoms with Crippen LogP contribution in [0, 0.1) is 0 Å². The van der Waals surface area contributed by atoms with Gasteiger partial charge in [0.2, 0.25) is 0 Å². The van der Waals surface area contributed by atoms with Crippen LogP contribution in [0.3, 0.4) is 0 Å². The van der Waals surface area contributed by atoms with Crippen molar-refractivity contribution >= 4 is 45.0 Å². The van der Waals surface area contributed by atoms with E-state index < -0.39 is 0 Å². The topological polar surface area (TPSA) is 45.7 Å². The Bertz CT molecular complexity index is 1030. The summed E-state index contributed by atoms with van der Waals surface area (Å²) in [6.45, 7) is 10.9. The summed E-state index contributed by atoms with van der Waals surface area (Å²) in [6.07, 6.45) is -0.0967. The molecule has 1 aromatic carbocycles. The molecule has 0 N–H and O–H groups in total. The third kappa shape index (κ3) is 5.40. The van der Waals surface area contributed by atoms with Crippen molar-refractivity contribution in [1.29, 1.82) is 0 Å². The predicted molar refractivity (Wildman–Crippen MR) is 131 cm³/mol. The van der Waals surface area contributed by atoms with Gasteiger partial charge in [0.25, 0.3) is 0 Å². The Morgan fingerprint density at radius 2 is 1.94 bits per heavy atom. The van der Waals surface area contributed by atoms with E-state index in [2.05, 4.69) is 58.5 Å². The molecule has 0 bridgehead atoms. The number of anilines is 1. The summed E-state index contributed by atoms with van der Waals surface area (Å²) < 4.78 is 6.48. The number of hydrogen-bond acceptors (Lipinski definition) is 7. The number of nitrogens with zero attached hydrogens (tertiary/aromatic N) is 3. The number of benzene rings is 1. The van der Waals surface area contributed by atoms with E-state index in [9.17, 15) is 4.79 Å². The maximum absolute atomic E-state index is 11.1. The number of piperazine rings is 1. The van der Waals surface area contributed by atoms with Gasteiger partial charge in [-0.1, -0.05) is 19.1 Å². The molecular formula is C24H29N3O2S2. The lowest BCUT2D eigenvalue weighted by molar-refractivity contribution is -0.144. The maximum atomic E-state index is 11.1. The lowest BCUT2D eigenvalue weighted by Gasteiger charge is -2.35. The van der Waals surface area contributed by atoms with E-state index >= 15 is 0 Å². The van der Waals surface area contributed by atoms with Gasteiger partial charge in [-0.2, -0.15) is 0 Å². The molecule has 4 rings (SSSR count). The summed E-state index contributed by atoms with van der Waals surface area (Å²) in [7, 11) is 0. The molecule has 1 saturated heterocycles. The molecule has 3 heterocycles. The minimum absolute atomic E-state index is 0.0967. The molecular weight excluding hydrogens is 426 g/mol. The molecule has 1 aliphatic heterocycles. The van der Waals surface area contributed by atoms with E-state index in [0.29, 0.717) is 0 Å². The number of ether oxygens (including phenoxy) is 1. The maximum Gasteiger partial charge on any atom is 0.302 e. The first-order valence-corrected chi connectivity index (χ1v) is 12.7. The average Bonchev–Trinajstić information content (AvgIpc) is 3.26. The van der Waals surface area contributed by atoms with Gasteiger partial charge >= 0.3 is 5.97 Å². The molecule has 0 amide bonds. The van der Waals surface area contributed by atoms with Gasteiger partial charge < -0.3 is 14.5 Å². The van der Waals surface area contributed by atoms with Gasteiger partial charge in [0.15, 0.2) is 0 Å². The number of hydrogen-bond donors (Lipinski definition) is 0. The summed E-state index contributed by atoms with van der Waals surface area (Å²) in [4.78, 5) is 22.3. The molecule has 0 saturated carbocycles. The van der Waals surface area contributed by atoms with Gasteiger partial charge in [0.05, 0.1) is 10.4 Å². The highest BCUT2D eigenvalue weighted by Gasteiger charge is 2.20. The standard InChI is InChI=1S/C24H29N3O2S2/c1-4-26-10-12-27(13-11-26)24-23-20(9-14-30-23)15-22(25-24)19-5-7-21(8-6-19)31-16-17(2)29-18(3)28/h5-9,14-15,17H,4,10-13,16H2,1-3H3. The van der Waals surface area contributed by atoms with Crippen LogP contribution in [0.1, 0.15) is 20.8 Å². The fraction of sp³-hybridized carbons (Fsp3) is 0.417. The van der Waals surface area contributed by atoms with Crippen molar-refractivity contribution in [2.45, 2.75) is 31.8 Å². The first kappa shape index (κ1) is 22.1. The Balaban J connectivity index is 1.52. The second kappa shape index (κ2) is 10.0. The molecule has 1 atom stereocenters. The van der Waals surface area contributed by atoms with Crippen LogP contribution in [0.4, 0.5) is 5.82 Å². The zero-order chi connectivity index (χ0) is 21.8. The lowest BCUT2D eigenvalue weighted by atomic mass is 10.1. The number of esters is 1.